The van der Waals surface area contributed by atoms with Crippen LogP contribution >= 0.6 is 0 Å². The lowest BCUT2D eigenvalue weighted by Gasteiger charge is -2.22. The molecule has 2 atom stereocenters. The minimum Gasteiger partial charge on any atom is -0.466 e. The first kappa shape index (κ1) is 80.1. The van der Waals surface area contributed by atoms with Gasteiger partial charge in [0, 0.05) is 12.8 Å². The van der Waals surface area contributed by atoms with Crippen LogP contribution in [-0.2, 0) is 14.3 Å². The molecule has 0 heterocycles. The van der Waals surface area contributed by atoms with Gasteiger partial charge in [0.25, 0.3) is 0 Å². The van der Waals surface area contributed by atoms with Gasteiger partial charge >= 0.3 is 5.97 Å². The van der Waals surface area contributed by atoms with Crippen molar-refractivity contribution in [3.63, 3.8) is 0 Å². The molecule has 0 saturated heterocycles. The molecule has 2 unspecified atom stereocenters. The van der Waals surface area contributed by atoms with E-state index in [0.29, 0.717) is 25.9 Å². The number of aliphatic hydroxyl groups excluding tert-OH is 2. The van der Waals surface area contributed by atoms with Crippen LogP contribution in [0.5, 0.6) is 0 Å². The predicted octanol–water partition coefficient (Wildman–Crippen LogP) is 24.3. The number of nitrogens with one attached hydrogen (secondary N) is 1. The van der Waals surface area contributed by atoms with Crippen molar-refractivity contribution in [2.75, 3.05) is 13.2 Å². The summed E-state index contributed by atoms with van der Waals surface area (Å²) in [4.78, 5) is 24.6. The molecule has 0 aromatic heterocycles. The molecule has 0 rings (SSSR count). The average molecular weight is 1150 g/mol. The zero-order valence-electron chi connectivity index (χ0n) is 55.5. The molecule has 82 heavy (non-hydrogen) atoms. The van der Waals surface area contributed by atoms with Crippen LogP contribution < -0.4 is 5.32 Å². The standard InChI is InChI=1S/C76H145NO5/c1-3-5-7-9-11-13-15-17-40-44-48-52-56-60-64-68-74(79)73(72-78)77-75(80)69-65-61-57-53-49-45-42-38-36-34-32-30-28-26-24-22-20-19-21-23-25-27-29-31-33-35-37-39-43-47-51-55-59-63-67-71-82-76(81)70-66-62-58-54-50-46-41-18-16-14-12-10-8-6-4-2/h18,21,23,27,29,41,73-74,78-79H,3-17,19-20,22,24-26,28,30-40,42-72H2,1-2H3,(H,77,80)/b23-21-,29-27-,41-18-. The Balaban J connectivity index is 3.36. The van der Waals surface area contributed by atoms with Crippen LogP contribution in [0, 0.1) is 0 Å². The maximum absolute atomic E-state index is 12.5. The van der Waals surface area contributed by atoms with Gasteiger partial charge in [0.05, 0.1) is 25.4 Å². The van der Waals surface area contributed by atoms with E-state index in [1.807, 2.05) is 0 Å². The van der Waals surface area contributed by atoms with Crippen molar-refractivity contribution in [1.82, 2.24) is 5.32 Å². The molecule has 0 aromatic carbocycles. The number of amides is 1. The van der Waals surface area contributed by atoms with E-state index in [0.717, 1.165) is 51.4 Å². The Kier molecular flexibility index (Phi) is 69.9. The van der Waals surface area contributed by atoms with E-state index in [2.05, 4.69) is 55.6 Å². The van der Waals surface area contributed by atoms with Gasteiger partial charge in [-0.1, -0.05) is 352 Å². The van der Waals surface area contributed by atoms with Crippen LogP contribution in [0.15, 0.2) is 36.5 Å². The first-order valence-corrected chi connectivity index (χ1v) is 37.2. The molecule has 0 bridgehead atoms. The van der Waals surface area contributed by atoms with Gasteiger partial charge in [0.15, 0.2) is 0 Å². The first-order chi connectivity index (χ1) is 40.5. The van der Waals surface area contributed by atoms with E-state index in [4.69, 9.17) is 4.74 Å². The lowest BCUT2D eigenvalue weighted by Crippen LogP contribution is -2.45. The van der Waals surface area contributed by atoms with Crippen LogP contribution in [0.3, 0.4) is 0 Å². The quantitative estimate of drug-likeness (QED) is 0.0320. The summed E-state index contributed by atoms with van der Waals surface area (Å²) in [5.74, 6) is -0.0205. The molecule has 484 valence electrons. The Labute approximate surface area is 513 Å². The number of rotatable bonds is 70. The zero-order chi connectivity index (χ0) is 59.2. The number of ether oxygens (including phenoxy) is 1. The average Bonchev–Trinajstić information content (AvgIpc) is 3.48. The fourth-order valence-corrected chi connectivity index (χ4v) is 11.7. The van der Waals surface area contributed by atoms with Crippen molar-refractivity contribution in [2.24, 2.45) is 0 Å². The predicted molar refractivity (Wildman–Crippen MR) is 361 cm³/mol. The third kappa shape index (κ3) is 67.2. The van der Waals surface area contributed by atoms with E-state index >= 15 is 0 Å². The number of esters is 1. The highest BCUT2D eigenvalue weighted by Crippen LogP contribution is 2.19. The van der Waals surface area contributed by atoms with Gasteiger partial charge in [0.2, 0.25) is 5.91 Å². The second kappa shape index (κ2) is 71.6. The van der Waals surface area contributed by atoms with E-state index in [1.165, 1.54) is 327 Å². The molecule has 0 spiro atoms. The molecular formula is C76H145NO5. The topological polar surface area (TPSA) is 95.9 Å². The smallest absolute Gasteiger partial charge is 0.305 e. The van der Waals surface area contributed by atoms with Gasteiger partial charge in [-0.3, -0.25) is 9.59 Å². The minimum absolute atomic E-state index is 0.00930. The lowest BCUT2D eigenvalue weighted by molar-refractivity contribution is -0.143. The highest BCUT2D eigenvalue weighted by atomic mass is 16.5. The fourth-order valence-electron chi connectivity index (χ4n) is 11.7. The van der Waals surface area contributed by atoms with Crippen LogP contribution in [-0.4, -0.2) is 47.4 Å². The highest BCUT2D eigenvalue weighted by molar-refractivity contribution is 5.76. The monoisotopic (exact) mass is 1150 g/mol. The van der Waals surface area contributed by atoms with Crippen molar-refractivity contribution in [2.45, 2.75) is 424 Å². The van der Waals surface area contributed by atoms with E-state index in [9.17, 15) is 19.8 Å². The second-order valence-corrected chi connectivity index (χ2v) is 25.6. The van der Waals surface area contributed by atoms with Gasteiger partial charge in [-0.05, 0) is 83.5 Å². The lowest BCUT2D eigenvalue weighted by atomic mass is 10.0. The highest BCUT2D eigenvalue weighted by Gasteiger charge is 2.20. The number of hydrogen-bond acceptors (Lipinski definition) is 5. The maximum Gasteiger partial charge on any atom is 0.305 e. The Morgan fingerprint density at radius 2 is 0.610 bits per heavy atom. The molecule has 0 aliphatic carbocycles. The Hall–Kier alpha value is -1.92. The van der Waals surface area contributed by atoms with Crippen LogP contribution in [0.1, 0.15) is 412 Å². The molecule has 0 aliphatic rings. The zero-order valence-corrected chi connectivity index (χ0v) is 55.5. The normalized spacial score (nSPS) is 12.7. The van der Waals surface area contributed by atoms with Crippen LogP contribution in [0.4, 0.5) is 0 Å². The summed E-state index contributed by atoms with van der Waals surface area (Å²) in [6.07, 6.45) is 92.2. The summed E-state index contributed by atoms with van der Waals surface area (Å²) in [6, 6.07) is -0.540. The van der Waals surface area contributed by atoms with Crippen molar-refractivity contribution < 1.29 is 24.5 Å². The molecule has 3 N–H and O–H groups in total. The molecule has 0 aromatic rings. The second-order valence-electron chi connectivity index (χ2n) is 25.6. The summed E-state index contributed by atoms with van der Waals surface area (Å²) in [5, 5.41) is 23.3. The fraction of sp³-hybridized carbons (Fsp3) is 0.895. The third-order valence-electron chi connectivity index (χ3n) is 17.4. The van der Waals surface area contributed by atoms with Crippen molar-refractivity contribution >= 4 is 11.9 Å². The van der Waals surface area contributed by atoms with E-state index in [1.54, 1.807) is 0 Å². The number of aliphatic hydroxyl groups is 2. The summed E-state index contributed by atoms with van der Waals surface area (Å²) < 4.78 is 5.49. The minimum atomic E-state index is -0.662. The van der Waals surface area contributed by atoms with Crippen LogP contribution in [0.2, 0.25) is 0 Å². The van der Waals surface area contributed by atoms with Crippen molar-refractivity contribution in [1.29, 1.82) is 0 Å². The molecule has 0 fully saturated rings. The van der Waals surface area contributed by atoms with E-state index in [-0.39, 0.29) is 18.5 Å². The number of carbonyl (C=O) groups is 2. The van der Waals surface area contributed by atoms with Gasteiger partial charge in [-0.15, -0.1) is 0 Å². The number of unbranched alkanes of at least 4 members (excludes halogenated alkanes) is 53. The molecule has 0 saturated carbocycles. The molecule has 0 radical (unpaired) electrons. The molecule has 1 amide bonds. The van der Waals surface area contributed by atoms with Gasteiger partial charge in [0.1, 0.15) is 0 Å². The molecule has 6 nitrogen and oxygen atoms in total. The Bertz CT molecular complexity index is 1330. The third-order valence-corrected chi connectivity index (χ3v) is 17.4. The van der Waals surface area contributed by atoms with Crippen LogP contribution in [0.25, 0.3) is 0 Å². The number of hydrogen-bond donors (Lipinski definition) is 3. The largest absolute Gasteiger partial charge is 0.466 e. The first-order valence-electron chi connectivity index (χ1n) is 37.2. The molecule has 0 aliphatic heterocycles. The molecular weight excluding hydrogens is 1010 g/mol. The van der Waals surface area contributed by atoms with Gasteiger partial charge in [-0.2, -0.15) is 0 Å². The van der Waals surface area contributed by atoms with Crippen molar-refractivity contribution in [3.05, 3.63) is 36.5 Å². The van der Waals surface area contributed by atoms with Gasteiger partial charge < -0.3 is 20.3 Å². The van der Waals surface area contributed by atoms with E-state index < -0.39 is 12.1 Å². The maximum atomic E-state index is 12.5. The summed E-state index contributed by atoms with van der Waals surface area (Å²) >= 11 is 0. The van der Waals surface area contributed by atoms with Crippen molar-refractivity contribution in [3.8, 4) is 0 Å². The molecule has 6 heteroatoms. The summed E-state index contributed by atoms with van der Waals surface area (Å²) in [5.41, 5.74) is 0. The van der Waals surface area contributed by atoms with Gasteiger partial charge in [-0.25, -0.2) is 0 Å². The number of allylic oxidation sites excluding steroid dienone is 6. The number of carbonyl (C=O) groups excluding carboxylic acids is 2. The summed E-state index contributed by atoms with van der Waals surface area (Å²) in [6.45, 7) is 4.98. The SMILES string of the molecule is CCCCCCCC/C=C\CCCCCCCC(=O)OCCCCCCCCCCCCC/C=C\C/C=C\CCCCCCCCCCCCCCCCCCCC(=O)NC(CO)C(O)CCCCCCCCCCCCCCCCC. The Morgan fingerprint density at radius 1 is 0.341 bits per heavy atom. The summed E-state index contributed by atoms with van der Waals surface area (Å²) in [7, 11) is 0. The Morgan fingerprint density at radius 3 is 0.939 bits per heavy atom.